The monoisotopic (exact) mass is 297 g/mol. The average molecular weight is 298 g/mol. The fraction of sp³-hybridized carbons (Fsp3) is 0.125. The Hall–Kier alpha value is -1.72. The first-order valence-electron chi connectivity index (χ1n) is 5.94. The van der Waals surface area contributed by atoms with Gasteiger partial charge >= 0.3 is 0 Å². The molecule has 0 atom stereocenters. The van der Waals surface area contributed by atoms with Crippen LogP contribution in [0.15, 0.2) is 42.5 Å². The summed E-state index contributed by atoms with van der Waals surface area (Å²) < 4.78 is 0. The largest absolute Gasteiger partial charge is 0.354 e. The third-order valence-corrected chi connectivity index (χ3v) is 3.35. The van der Waals surface area contributed by atoms with E-state index in [-0.39, 0.29) is 0 Å². The molecule has 0 radical (unpaired) electrons. The van der Waals surface area contributed by atoms with Crippen molar-refractivity contribution in [3.05, 3.63) is 48.0 Å². The number of alkyl halides is 1. The molecule has 0 fully saturated rings. The number of nitrogens with one attached hydrogen (secondary N) is 1. The second kappa shape index (κ2) is 4.88. The third kappa shape index (κ3) is 2.02. The normalized spacial score (nSPS) is 10.5. The number of fused-ring (bicyclic) bond motifs is 3. The van der Waals surface area contributed by atoms with Crippen LogP contribution in [-0.2, 0) is 0 Å². The number of H-pyrrole nitrogens is 1. The molecule has 0 spiro atoms. The van der Waals surface area contributed by atoms with Gasteiger partial charge in [-0.3, -0.25) is 0 Å². The molecule has 0 unspecified atom stereocenters. The molecule has 0 amide bonds. The lowest BCUT2D eigenvalue weighted by molar-refractivity contribution is 1.32. The smallest absolute Gasteiger partial charge is 0.0477 e. The van der Waals surface area contributed by atoms with Crippen LogP contribution >= 0.6 is 15.9 Å². The highest BCUT2D eigenvalue weighted by Gasteiger charge is 2.02. The summed E-state index contributed by atoms with van der Waals surface area (Å²) in [5, 5.41) is 3.46. The number of aromatic nitrogens is 1. The third-order valence-electron chi connectivity index (χ3n) is 2.96. The minimum atomic E-state index is 0.880. The molecule has 18 heavy (non-hydrogen) atoms. The molecule has 0 aliphatic rings. The van der Waals surface area contributed by atoms with E-state index in [1.165, 1.54) is 16.3 Å². The van der Waals surface area contributed by atoms with Gasteiger partial charge in [0.05, 0.1) is 0 Å². The van der Waals surface area contributed by atoms with Gasteiger partial charge in [0, 0.05) is 39.1 Å². The lowest BCUT2D eigenvalue weighted by Gasteiger charge is -1.92. The van der Waals surface area contributed by atoms with Crippen LogP contribution in [0.3, 0.4) is 0 Å². The predicted molar refractivity (Wildman–Crippen MR) is 81.1 cm³/mol. The molecule has 3 rings (SSSR count). The first kappa shape index (κ1) is 11.4. The van der Waals surface area contributed by atoms with Crippen LogP contribution in [0, 0.1) is 11.8 Å². The van der Waals surface area contributed by atoms with Crippen molar-refractivity contribution >= 4 is 37.7 Å². The van der Waals surface area contributed by atoms with E-state index < -0.39 is 0 Å². The summed E-state index contributed by atoms with van der Waals surface area (Å²) >= 11 is 3.38. The van der Waals surface area contributed by atoms with Crippen LogP contribution in [0.4, 0.5) is 0 Å². The Balaban J connectivity index is 2.13. The molecule has 1 N–H and O–H groups in total. The van der Waals surface area contributed by atoms with Gasteiger partial charge in [-0.15, -0.1) is 0 Å². The van der Waals surface area contributed by atoms with Crippen LogP contribution < -0.4 is 0 Å². The maximum absolute atomic E-state index is 3.43. The molecule has 0 aliphatic heterocycles. The predicted octanol–water partition coefficient (Wildman–Crippen LogP) is 4.46. The minimum Gasteiger partial charge on any atom is -0.354 e. The standard InChI is InChI=1S/C16H12BrN/c17-10-4-3-5-12-8-9-14-13-6-1-2-7-15(13)18-16(14)11-12/h1-2,6-9,11,18H,4,10H2. The summed E-state index contributed by atoms with van der Waals surface area (Å²) in [6.45, 7) is 0. The number of hydrogen-bond donors (Lipinski definition) is 1. The van der Waals surface area contributed by atoms with Gasteiger partial charge in [-0.05, 0) is 18.2 Å². The second-order valence-electron chi connectivity index (χ2n) is 4.17. The fourth-order valence-electron chi connectivity index (χ4n) is 2.14. The van der Waals surface area contributed by atoms with E-state index in [2.05, 4.69) is 75.2 Å². The molecule has 0 aliphatic carbocycles. The maximum atomic E-state index is 3.43. The Morgan fingerprint density at radius 2 is 1.83 bits per heavy atom. The maximum Gasteiger partial charge on any atom is 0.0477 e. The molecule has 0 saturated heterocycles. The van der Waals surface area contributed by atoms with E-state index in [0.29, 0.717) is 0 Å². The van der Waals surface area contributed by atoms with Crippen molar-refractivity contribution in [3.63, 3.8) is 0 Å². The lowest BCUT2D eigenvalue weighted by atomic mass is 10.1. The van der Waals surface area contributed by atoms with E-state index in [9.17, 15) is 0 Å². The van der Waals surface area contributed by atoms with Crippen LogP contribution in [-0.4, -0.2) is 10.3 Å². The van der Waals surface area contributed by atoms with Crippen molar-refractivity contribution in [3.8, 4) is 11.8 Å². The van der Waals surface area contributed by atoms with Crippen LogP contribution in [0.2, 0.25) is 0 Å². The van der Waals surface area contributed by atoms with Gasteiger partial charge in [-0.25, -0.2) is 0 Å². The zero-order chi connectivity index (χ0) is 12.4. The summed E-state index contributed by atoms with van der Waals surface area (Å²) in [6.07, 6.45) is 0.880. The Morgan fingerprint density at radius 3 is 2.72 bits per heavy atom. The summed E-state index contributed by atoms with van der Waals surface area (Å²) in [6, 6.07) is 14.7. The van der Waals surface area contributed by atoms with Crippen LogP contribution in [0.1, 0.15) is 12.0 Å². The Morgan fingerprint density at radius 1 is 1.00 bits per heavy atom. The van der Waals surface area contributed by atoms with Crippen molar-refractivity contribution in [1.29, 1.82) is 0 Å². The van der Waals surface area contributed by atoms with Crippen LogP contribution in [0.5, 0.6) is 0 Å². The van der Waals surface area contributed by atoms with E-state index in [1.54, 1.807) is 0 Å². The Kier molecular flexibility index (Phi) is 3.08. The van der Waals surface area contributed by atoms with Crippen LogP contribution in [0.25, 0.3) is 21.8 Å². The highest BCUT2D eigenvalue weighted by atomic mass is 79.9. The number of hydrogen-bond acceptors (Lipinski definition) is 0. The number of benzene rings is 2. The van der Waals surface area contributed by atoms with Gasteiger partial charge < -0.3 is 4.98 Å². The van der Waals surface area contributed by atoms with Crippen molar-refractivity contribution in [2.75, 3.05) is 5.33 Å². The minimum absolute atomic E-state index is 0.880. The number of para-hydroxylation sites is 1. The molecular weight excluding hydrogens is 286 g/mol. The fourth-order valence-corrected chi connectivity index (χ4v) is 2.34. The highest BCUT2D eigenvalue weighted by Crippen LogP contribution is 2.25. The topological polar surface area (TPSA) is 15.8 Å². The van der Waals surface area contributed by atoms with Crippen molar-refractivity contribution in [1.82, 2.24) is 4.98 Å². The molecule has 1 heterocycles. The molecule has 0 saturated carbocycles. The van der Waals surface area contributed by atoms with Gasteiger partial charge in [0.1, 0.15) is 0 Å². The average Bonchev–Trinajstić information content (AvgIpc) is 2.76. The summed E-state index contributed by atoms with van der Waals surface area (Å²) in [5.41, 5.74) is 3.40. The molecule has 2 heteroatoms. The van der Waals surface area contributed by atoms with Crippen molar-refractivity contribution in [2.24, 2.45) is 0 Å². The number of rotatable bonds is 1. The number of halogens is 1. The molecule has 88 valence electrons. The second-order valence-corrected chi connectivity index (χ2v) is 4.96. The summed E-state index contributed by atoms with van der Waals surface area (Å²) in [5.74, 6) is 6.32. The van der Waals surface area contributed by atoms with E-state index in [1.807, 2.05) is 0 Å². The quantitative estimate of drug-likeness (QED) is 0.504. The Labute approximate surface area is 114 Å². The van der Waals surface area contributed by atoms with Gasteiger partial charge in [0.2, 0.25) is 0 Å². The number of aromatic amines is 1. The van der Waals surface area contributed by atoms with Gasteiger partial charge in [0.25, 0.3) is 0 Å². The zero-order valence-corrected chi connectivity index (χ0v) is 11.4. The van der Waals surface area contributed by atoms with Gasteiger partial charge in [-0.1, -0.05) is 52.0 Å². The van der Waals surface area contributed by atoms with E-state index >= 15 is 0 Å². The molecule has 2 aromatic carbocycles. The summed E-state index contributed by atoms with van der Waals surface area (Å²) in [7, 11) is 0. The van der Waals surface area contributed by atoms with Gasteiger partial charge in [0.15, 0.2) is 0 Å². The summed E-state index contributed by atoms with van der Waals surface area (Å²) in [4.78, 5) is 3.43. The molecular formula is C16H12BrN. The molecule has 3 aromatic rings. The first-order valence-corrected chi connectivity index (χ1v) is 7.06. The first-order chi connectivity index (χ1) is 8.88. The van der Waals surface area contributed by atoms with Gasteiger partial charge in [-0.2, -0.15) is 0 Å². The van der Waals surface area contributed by atoms with E-state index in [0.717, 1.165) is 22.8 Å². The molecule has 1 aromatic heterocycles. The highest BCUT2D eigenvalue weighted by molar-refractivity contribution is 9.09. The Bertz CT molecular complexity index is 759. The van der Waals surface area contributed by atoms with E-state index in [4.69, 9.17) is 0 Å². The van der Waals surface area contributed by atoms with Crippen molar-refractivity contribution < 1.29 is 0 Å². The lowest BCUT2D eigenvalue weighted by Crippen LogP contribution is -1.75. The zero-order valence-electron chi connectivity index (χ0n) is 9.83. The molecule has 0 bridgehead atoms. The SMILES string of the molecule is BrCCC#Cc1ccc2c(c1)[nH]c1ccccc12. The van der Waals surface area contributed by atoms with Crippen molar-refractivity contribution in [2.45, 2.75) is 6.42 Å². The molecule has 1 nitrogen and oxygen atoms in total.